The minimum absolute atomic E-state index is 0.133. The smallest absolute Gasteiger partial charge is 0.329 e. The summed E-state index contributed by atoms with van der Waals surface area (Å²) in [7, 11) is -3.94. The maximum Gasteiger partial charge on any atom is 0.435 e. The first-order chi connectivity index (χ1) is 13.1. The predicted octanol–water partition coefficient (Wildman–Crippen LogP) is 2.77. The van der Waals surface area contributed by atoms with Crippen LogP contribution in [0.5, 0.6) is 0 Å². The molecule has 7 nitrogen and oxygen atoms in total. The molecule has 1 heterocycles. The fourth-order valence-corrected chi connectivity index (χ4v) is 3.02. The van der Waals surface area contributed by atoms with Crippen molar-refractivity contribution in [3.63, 3.8) is 0 Å². The molecular formula is C17H13F3N4O3S. The molecule has 0 saturated carbocycles. The summed E-state index contributed by atoms with van der Waals surface area (Å²) in [5.41, 5.74) is 0.128. The van der Waals surface area contributed by atoms with Crippen molar-refractivity contribution in [2.75, 3.05) is 5.32 Å². The lowest BCUT2D eigenvalue weighted by Crippen LogP contribution is -2.12. The van der Waals surface area contributed by atoms with Gasteiger partial charge in [0.1, 0.15) is 0 Å². The zero-order chi connectivity index (χ0) is 20.5. The number of nitrogens with zero attached hydrogens (tertiary/aromatic N) is 2. The molecule has 0 fully saturated rings. The molecule has 2 aromatic carbocycles. The summed E-state index contributed by atoms with van der Waals surface area (Å²) >= 11 is 0. The summed E-state index contributed by atoms with van der Waals surface area (Å²) in [5, 5.41) is 11.1. The standard InChI is InChI=1S/C17H13F3N4O3S/c18-17(19,20)16-9-15(11-1-3-12(4-2-11)22-10-25)24(23-16)13-5-7-14(8-6-13)28(21,26)27/h1-10H,(H,22,25)(H2,21,26,27). The molecule has 146 valence electrons. The molecule has 0 unspecified atom stereocenters. The molecule has 0 spiro atoms. The van der Waals surface area contributed by atoms with Gasteiger partial charge in [0, 0.05) is 11.3 Å². The summed E-state index contributed by atoms with van der Waals surface area (Å²) in [5.74, 6) is 0. The van der Waals surface area contributed by atoms with E-state index in [9.17, 15) is 26.4 Å². The number of sulfonamides is 1. The topological polar surface area (TPSA) is 107 Å². The van der Waals surface area contributed by atoms with Crippen molar-refractivity contribution in [2.45, 2.75) is 11.1 Å². The Kier molecular flexibility index (Phi) is 4.96. The van der Waals surface area contributed by atoms with E-state index in [1.807, 2.05) is 0 Å². The van der Waals surface area contributed by atoms with Crippen LogP contribution in [0.1, 0.15) is 5.69 Å². The van der Waals surface area contributed by atoms with Gasteiger partial charge in [-0.15, -0.1) is 0 Å². The SMILES string of the molecule is NS(=O)(=O)c1ccc(-n2nc(C(F)(F)F)cc2-c2ccc(NC=O)cc2)cc1. The van der Waals surface area contributed by atoms with Gasteiger partial charge in [-0.3, -0.25) is 4.79 Å². The number of hydrogen-bond acceptors (Lipinski definition) is 4. The van der Waals surface area contributed by atoms with Crippen LogP contribution in [0, 0.1) is 0 Å². The van der Waals surface area contributed by atoms with Crippen LogP contribution in [0.3, 0.4) is 0 Å². The van der Waals surface area contributed by atoms with Crippen molar-refractivity contribution < 1.29 is 26.4 Å². The second-order valence-electron chi connectivity index (χ2n) is 5.70. The molecule has 11 heteroatoms. The maximum absolute atomic E-state index is 13.2. The van der Waals surface area contributed by atoms with E-state index in [0.717, 1.165) is 10.7 Å². The Morgan fingerprint density at radius 3 is 2.14 bits per heavy atom. The first-order valence-corrected chi connectivity index (χ1v) is 9.25. The van der Waals surface area contributed by atoms with Crippen molar-refractivity contribution in [3.8, 4) is 16.9 Å². The summed E-state index contributed by atoms with van der Waals surface area (Å²) in [6, 6.07) is 12.0. The zero-order valence-electron chi connectivity index (χ0n) is 14.0. The van der Waals surface area contributed by atoms with Crippen LogP contribution >= 0.6 is 0 Å². The predicted molar refractivity (Wildman–Crippen MR) is 95.1 cm³/mol. The van der Waals surface area contributed by atoms with Crippen LogP contribution in [0.2, 0.25) is 0 Å². The Morgan fingerprint density at radius 1 is 1.04 bits per heavy atom. The van der Waals surface area contributed by atoms with Gasteiger partial charge in [0.25, 0.3) is 0 Å². The number of nitrogens with one attached hydrogen (secondary N) is 1. The quantitative estimate of drug-likeness (QED) is 0.631. The first-order valence-electron chi connectivity index (χ1n) is 7.71. The minimum atomic E-state index is -4.67. The Labute approximate surface area is 157 Å². The number of hydrogen-bond donors (Lipinski definition) is 2. The summed E-state index contributed by atoms with van der Waals surface area (Å²) in [6.45, 7) is 0. The molecule has 1 aromatic heterocycles. The Morgan fingerprint density at radius 2 is 1.64 bits per heavy atom. The summed E-state index contributed by atoms with van der Waals surface area (Å²) < 4.78 is 63.3. The molecule has 3 aromatic rings. The number of halogens is 3. The minimum Gasteiger partial charge on any atom is -0.329 e. The number of rotatable bonds is 5. The molecule has 3 N–H and O–H groups in total. The van der Waals surface area contributed by atoms with E-state index in [4.69, 9.17) is 5.14 Å². The van der Waals surface area contributed by atoms with Crippen molar-refractivity contribution >= 4 is 22.1 Å². The molecule has 1 amide bonds. The lowest BCUT2D eigenvalue weighted by Gasteiger charge is -2.09. The normalized spacial score (nSPS) is 12.0. The van der Waals surface area contributed by atoms with Crippen LogP contribution in [0.15, 0.2) is 59.5 Å². The maximum atomic E-state index is 13.2. The molecule has 0 aliphatic heterocycles. The van der Waals surface area contributed by atoms with Crippen molar-refractivity contribution in [1.29, 1.82) is 0 Å². The molecule has 0 aliphatic rings. The lowest BCUT2D eigenvalue weighted by molar-refractivity contribution is -0.141. The van der Waals surface area contributed by atoms with Gasteiger partial charge in [0.05, 0.1) is 16.3 Å². The van der Waals surface area contributed by atoms with Crippen molar-refractivity contribution in [2.24, 2.45) is 5.14 Å². The third kappa shape index (κ3) is 4.05. The van der Waals surface area contributed by atoms with Crippen LogP contribution < -0.4 is 10.5 Å². The number of amides is 1. The average Bonchev–Trinajstić information content (AvgIpc) is 3.08. The van der Waals surface area contributed by atoms with Crippen molar-refractivity contribution in [1.82, 2.24) is 9.78 Å². The van der Waals surface area contributed by atoms with Gasteiger partial charge < -0.3 is 5.32 Å². The Hall–Kier alpha value is -3.18. The van der Waals surface area contributed by atoms with Crippen LogP contribution in [-0.2, 0) is 21.0 Å². The zero-order valence-corrected chi connectivity index (χ0v) is 14.8. The summed E-state index contributed by atoms with van der Waals surface area (Å²) in [6.07, 6.45) is -4.19. The van der Waals surface area contributed by atoms with E-state index in [1.165, 1.54) is 48.5 Å². The van der Waals surface area contributed by atoms with Gasteiger partial charge in [-0.25, -0.2) is 18.2 Å². The van der Waals surface area contributed by atoms with Gasteiger partial charge >= 0.3 is 6.18 Å². The van der Waals surface area contributed by atoms with Crippen LogP contribution in [0.4, 0.5) is 18.9 Å². The number of aromatic nitrogens is 2. The third-order valence-electron chi connectivity index (χ3n) is 3.82. The number of nitrogens with two attached hydrogens (primary N) is 1. The highest BCUT2D eigenvalue weighted by Crippen LogP contribution is 2.33. The van der Waals surface area contributed by atoms with E-state index in [0.29, 0.717) is 17.7 Å². The van der Waals surface area contributed by atoms with Crippen LogP contribution in [0.25, 0.3) is 16.9 Å². The number of anilines is 1. The second kappa shape index (κ2) is 7.09. The van der Waals surface area contributed by atoms with E-state index >= 15 is 0 Å². The molecule has 3 rings (SSSR count). The molecule has 0 radical (unpaired) electrons. The van der Waals surface area contributed by atoms with Gasteiger partial charge in [0.15, 0.2) is 5.69 Å². The Balaban J connectivity index is 2.12. The van der Waals surface area contributed by atoms with Gasteiger partial charge in [-0.05, 0) is 42.5 Å². The molecule has 0 saturated heterocycles. The number of primary sulfonamides is 1. The van der Waals surface area contributed by atoms with Crippen molar-refractivity contribution in [3.05, 3.63) is 60.3 Å². The molecule has 0 atom stereocenters. The first kappa shape index (κ1) is 19.6. The molecule has 0 aliphatic carbocycles. The molecular weight excluding hydrogens is 397 g/mol. The van der Waals surface area contributed by atoms with E-state index in [-0.39, 0.29) is 16.3 Å². The second-order valence-corrected chi connectivity index (χ2v) is 7.26. The highest BCUT2D eigenvalue weighted by molar-refractivity contribution is 7.89. The largest absolute Gasteiger partial charge is 0.435 e. The van der Waals surface area contributed by atoms with E-state index in [2.05, 4.69) is 10.4 Å². The highest BCUT2D eigenvalue weighted by Gasteiger charge is 2.35. The van der Waals surface area contributed by atoms with Gasteiger partial charge in [-0.1, -0.05) is 12.1 Å². The van der Waals surface area contributed by atoms with Crippen LogP contribution in [-0.4, -0.2) is 24.6 Å². The highest BCUT2D eigenvalue weighted by atomic mass is 32.2. The fourth-order valence-electron chi connectivity index (χ4n) is 2.50. The number of alkyl halides is 3. The van der Waals surface area contributed by atoms with Gasteiger partial charge in [0.2, 0.25) is 16.4 Å². The lowest BCUT2D eigenvalue weighted by atomic mass is 10.1. The number of carbonyl (C=O) groups excluding carboxylic acids is 1. The monoisotopic (exact) mass is 410 g/mol. The van der Waals surface area contributed by atoms with E-state index in [1.54, 1.807) is 0 Å². The molecule has 0 bridgehead atoms. The third-order valence-corrected chi connectivity index (χ3v) is 4.75. The van der Waals surface area contributed by atoms with E-state index < -0.39 is 21.9 Å². The fraction of sp³-hybridized carbons (Fsp3) is 0.0588. The Bertz CT molecular complexity index is 1110. The summed E-state index contributed by atoms with van der Waals surface area (Å²) in [4.78, 5) is 10.3. The van der Waals surface area contributed by atoms with Gasteiger partial charge in [-0.2, -0.15) is 18.3 Å². The molecule has 28 heavy (non-hydrogen) atoms. The number of carbonyl (C=O) groups is 1. The number of benzene rings is 2. The average molecular weight is 410 g/mol.